The van der Waals surface area contributed by atoms with Gasteiger partial charge >= 0.3 is 0 Å². The zero-order chi connectivity index (χ0) is 20.7. The van der Waals surface area contributed by atoms with Crippen molar-refractivity contribution in [1.82, 2.24) is 19.7 Å². The van der Waals surface area contributed by atoms with Crippen LogP contribution in [0.15, 0.2) is 30.3 Å². The predicted molar refractivity (Wildman–Crippen MR) is 105 cm³/mol. The van der Waals surface area contributed by atoms with Crippen LogP contribution in [0.25, 0.3) is 11.4 Å². The van der Waals surface area contributed by atoms with E-state index in [0.717, 1.165) is 18.4 Å². The molecule has 29 heavy (non-hydrogen) atoms. The summed E-state index contributed by atoms with van der Waals surface area (Å²) >= 11 is 5.68. The summed E-state index contributed by atoms with van der Waals surface area (Å²) in [7, 11) is 0. The minimum atomic E-state index is -1.36. The number of aliphatic hydroxyl groups excluding tert-OH is 3. The van der Waals surface area contributed by atoms with Crippen molar-refractivity contribution in [2.75, 3.05) is 6.61 Å². The van der Waals surface area contributed by atoms with Crippen LogP contribution < -0.4 is 5.32 Å². The molecule has 10 heteroatoms. The normalized spacial score (nSPS) is 29.6. The van der Waals surface area contributed by atoms with Crippen LogP contribution >= 0.6 is 12.2 Å². The van der Waals surface area contributed by atoms with E-state index >= 15 is 0 Å². The molecule has 0 spiro atoms. The van der Waals surface area contributed by atoms with E-state index in [9.17, 15) is 20.1 Å². The molecule has 1 aromatic carbocycles. The first-order chi connectivity index (χ1) is 13.9. The molecule has 1 aliphatic carbocycles. The number of rotatable bonds is 5. The van der Waals surface area contributed by atoms with E-state index in [2.05, 4.69) is 10.4 Å². The van der Waals surface area contributed by atoms with E-state index in [1.807, 2.05) is 34.9 Å². The van der Waals surface area contributed by atoms with Crippen molar-refractivity contribution < 1.29 is 24.9 Å². The topological polar surface area (TPSA) is 122 Å². The molecule has 4 rings (SSSR count). The van der Waals surface area contributed by atoms with Crippen LogP contribution in [0.4, 0.5) is 0 Å². The number of nitrogens with one attached hydrogen (secondary N) is 1. The summed E-state index contributed by atoms with van der Waals surface area (Å²) in [6.07, 6.45) is -2.76. The standard InChI is InChI=1S/C19H24N4O5S/c1-10(25)20-14-16(27)15(26)13(9-24)28-18(14)23-19(29)22(12-7-8-12)17(21-23)11-5-3-2-4-6-11/h2-6,12-16,18,24,26-27H,7-9H2,1H3,(H,20,25)/t13-,14-,15-,16+,18+/m1/s1. The van der Waals surface area contributed by atoms with Crippen LogP contribution in [0.5, 0.6) is 0 Å². The quantitative estimate of drug-likeness (QED) is 0.521. The van der Waals surface area contributed by atoms with E-state index in [1.54, 1.807) is 0 Å². The average molecular weight is 420 g/mol. The molecule has 1 saturated heterocycles. The van der Waals surface area contributed by atoms with Gasteiger partial charge in [0.05, 0.1) is 6.61 Å². The third-order valence-corrected chi connectivity index (χ3v) is 5.67. The van der Waals surface area contributed by atoms with Crippen molar-refractivity contribution in [3.63, 3.8) is 0 Å². The fourth-order valence-electron chi connectivity index (χ4n) is 3.70. The Morgan fingerprint density at radius 3 is 2.55 bits per heavy atom. The van der Waals surface area contributed by atoms with E-state index in [0.29, 0.717) is 10.6 Å². The number of nitrogens with zero attached hydrogens (tertiary/aromatic N) is 3. The SMILES string of the molecule is CC(=O)N[C@@H]1[C@H](O)[C@H](O)[C@@H](CO)O[C@@H]1n1nc(-c2ccccc2)n(C2CC2)c1=S. The van der Waals surface area contributed by atoms with Gasteiger partial charge in [0.1, 0.15) is 24.4 Å². The molecule has 1 amide bonds. The van der Waals surface area contributed by atoms with Crippen molar-refractivity contribution in [3.8, 4) is 11.4 Å². The third kappa shape index (κ3) is 3.74. The van der Waals surface area contributed by atoms with Crippen LogP contribution in [0.1, 0.15) is 32.0 Å². The predicted octanol–water partition coefficient (Wildman–Crippen LogP) is 0.532. The fraction of sp³-hybridized carbons (Fsp3) is 0.526. The van der Waals surface area contributed by atoms with Gasteiger partial charge in [0.15, 0.2) is 12.1 Å². The molecule has 2 aromatic rings. The molecular weight excluding hydrogens is 396 g/mol. The lowest BCUT2D eigenvalue weighted by Crippen LogP contribution is -2.62. The van der Waals surface area contributed by atoms with Gasteiger partial charge in [-0.05, 0) is 25.1 Å². The molecule has 1 saturated carbocycles. The maximum absolute atomic E-state index is 11.7. The molecule has 0 radical (unpaired) electrons. The molecule has 2 fully saturated rings. The Balaban J connectivity index is 1.81. The highest BCUT2D eigenvalue weighted by molar-refractivity contribution is 7.71. The Morgan fingerprint density at radius 2 is 1.97 bits per heavy atom. The highest BCUT2D eigenvalue weighted by Crippen LogP contribution is 2.39. The molecule has 156 valence electrons. The summed E-state index contributed by atoms with van der Waals surface area (Å²) in [5, 5.41) is 37.7. The monoisotopic (exact) mass is 420 g/mol. The first-order valence-corrected chi connectivity index (χ1v) is 9.99. The van der Waals surface area contributed by atoms with E-state index < -0.39 is 43.1 Å². The van der Waals surface area contributed by atoms with Gasteiger partial charge < -0.3 is 25.4 Å². The molecule has 2 aliphatic rings. The Labute approximate surface area is 172 Å². The molecule has 9 nitrogen and oxygen atoms in total. The molecule has 2 heterocycles. The van der Waals surface area contributed by atoms with Crippen molar-refractivity contribution in [2.24, 2.45) is 0 Å². The fourth-order valence-corrected chi connectivity index (χ4v) is 4.08. The van der Waals surface area contributed by atoms with Crippen molar-refractivity contribution in [2.45, 2.75) is 56.4 Å². The second-order valence-corrected chi connectivity index (χ2v) is 7.84. The number of carbonyl (C=O) groups is 1. The van der Waals surface area contributed by atoms with Gasteiger partial charge in [0, 0.05) is 18.5 Å². The van der Waals surface area contributed by atoms with Crippen LogP contribution in [-0.4, -0.2) is 66.5 Å². The number of benzene rings is 1. The summed E-state index contributed by atoms with van der Waals surface area (Å²) in [6, 6.07) is 8.85. The number of carbonyl (C=O) groups excluding carboxylic acids is 1. The number of ether oxygens (including phenoxy) is 1. The molecular formula is C19H24N4O5S. The molecule has 4 N–H and O–H groups in total. The third-order valence-electron chi connectivity index (χ3n) is 5.29. The second-order valence-electron chi connectivity index (χ2n) is 7.47. The van der Waals surface area contributed by atoms with Crippen LogP contribution in [0.2, 0.25) is 0 Å². The lowest BCUT2D eigenvalue weighted by molar-refractivity contribution is -0.219. The average Bonchev–Trinajstić information content (AvgIpc) is 3.49. The number of hydrogen-bond acceptors (Lipinski definition) is 7. The summed E-state index contributed by atoms with van der Waals surface area (Å²) in [5.74, 6) is 0.276. The second kappa shape index (κ2) is 7.96. The molecule has 1 aromatic heterocycles. The minimum Gasteiger partial charge on any atom is -0.394 e. The van der Waals surface area contributed by atoms with Crippen LogP contribution in [0.3, 0.4) is 0 Å². The highest BCUT2D eigenvalue weighted by atomic mass is 32.1. The summed E-state index contributed by atoms with van der Waals surface area (Å²) in [5.41, 5.74) is 0.885. The lowest BCUT2D eigenvalue weighted by Gasteiger charge is -2.42. The molecule has 0 unspecified atom stereocenters. The van der Waals surface area contributed by atoms with Crippen molar-refractivity contribution in [3.05, 3.63) is 35.1 Å². The first-order valence-electron chi connectivity index (χ1n) is 9.58. The first kappa shape index (κ1) is 20.2. The number of aromatic nitrogens is 3. The zero-order valence-electron chi connectivity index (χ0n) is 15.9. The van der Waals surface area contributed by atoms with Gasteiger partial charge in [-0.25, -0.2) is 4.68 Å². The van der Waals surface area contributed by atoms with Crippen LogP contribution in [-0.2, 0) is 9.53 Å². The van der Waals surface area contributed by atoms with Gasteiger partial charge in [-0.2, -0.15) is 0 Å². The van der Waals surface area contributed by atoms with Gasteiger partial charge in [0.2, 0.25) is 10.7 Å². The Morgan fingerprint density at radius 1 is 1.28 bits per heavy atom. The highest BCUT2D eigenvalue weighted by Gasteiger charge is 2.47. The zero-order valence-corrected chi connectivity index (χ0v) is 16.7. The largest absolute Gasteiger partial charge is 0.394 e. The molecule has 0 bridgehead atoms. The lowest BCUT2D eigenvalue weighted by atomic mass is 9.96. The Bertz CT molecular complexity index is 942. The summed E-state index contributed by atoms with van der Waals surface area (Å²) < 4.78 is 9.66. The van der Waals surface area contributed by atoms with Crippen molar-refractivity contribution >= 4 is 18.1 Å². The van der Waals surface area contributed by atoms with Gasteiger partial charge in [-0.3, -0.25) is 9.36 Å². The maximum atomic E-state index is 11.7. The number of hydrogen-bond donors (Lipinski definition) is 4. The van der Waals surface area contributed by atoms with Crippen molar-refractivity contribution in [1.29, 1.82) is 0 Å². The molecule has 5 atom stereocenters. The molecule has 1 aliphatic heterocycles. The van der Waals surface area contributed by atoms with Crippen LogP contribution in [0, 0.1) is 4.77 Å². The van der Waals surface area contributed by atoms with Gasteiger partial charge in [0.25, 0.3) is 0 Å². The van der Waals surface area contributed by atoms with Gasteiger partial charge in [-0.1, -0.05) is 30.3 Å². The summed E-state index contributed by atoms with van der Waals surface area (Å²) in [6.45, 7) is 0.815. The summed E-state index contributed by atoms with van der Waals surface area (Å²) in [4.78, 5) is 11.7. The van der Waals surface area contributed by atoms with E-state index in [1.165, 1.54) is 11.6 Å². The number of aliphatic hydroxyl groups is 3. The Hall–Kier alpha value is -2.11. The minimum absolute atomic E-state index is 0.235. The Kier molecular flexibility index (Phi) is 5.54. The van der Waals surface area contributed by atoms with E-state index in [4.69, 9.17) is 17.0 Å². The van der Waals surface area contributed by atoms with E-state index in [-0.39, 0.29) is 6.04 Å². The number of amides is 1. The maximum Gasteiger partial charge on any atom is 0.217 e. The smallest absolute Gasteiger partial charge is 0.217 e. The van der Waals surface area contributed by atoms with Gasteiger partial charge in [-0.15, -0.1) is 5.10 Å².